The second-order valence-electron chi connectivity index (χ2n) is 3.77. The summed E-state index contributed by atoms with van der Waals surface area (Å²) in [6.07, 6.45) is 3.44. The van der Waals surface area contributed by atoms with E-state index in [1.54, 1.807) is 0 Å². The van der Waals surface area contributed by atoms with Crippen molar-refractivity contribution in [2.24, 2.45) is 5.41 Å². The van der Waals surface area contributed by atoms with Gasteiger partial charge in [0.15, 0.2) is 0 Å². The molecule has 2 heteroatoms. The maximum Gasteiger partial charge on any atom is 0.101 e. The highest BCUT2D eigenvalue weighted by molar-refractivity contribution is 4.94. The molecule has 0 amide bonds. The van der Waals surface area contributed by atoms with Crippen molar-refractivity contribution in [2.75, 3.05) is 13.1 Å². The molecule has 2 fully saturated rings. The fraction of sp³-hybridized carbons (Fsp3) is 1.00. The van der Waals surface area contributed by atoms with Crippen molar-refractivity contribution < 1.29 is 4.39 Å². The van der Waals surface area contributed by atoms with E-state index in [1.165, 1.54) is 6.42 Å². The van der Waals surface area contributed by atoms with Gasteiger partial charge in [-0.25, -0.2) is 4.39 Å². The molecule has 2 atom stereocenters. The predicted octanol–water partition coefficient (Wildman–Crippen LogP) is 1.49. The van der Waals surface area contributed by atoms with E-state index in [0.717, 1.165) is 32.4 Å². The summed E-state index contributed by atoms with van der Waals surface area (Å²) in [6.45, 7) is 2.17. The van der Waals surface area contributed by atoms with E-state index in [1.807, 2.05) is 0 Å². The third-order valence-electron chi connectivity index (χ3n) is 2.97. The number of alkyl halides is 1. The van der Waals surface area contributed by atoms with E-state index >= 15 is 0 Å². The predicted molar refractivity (Wildman–Crippen MR) is 38.7 cm³/mol. The van der Waals surface area contributed by atoms with E-state index in [4.69, 9.17) is 0 Å². The van der Waals surface area contributed by atoms with E-state index in [2.05, 4.69) is 5.32 Å². The standard InChI is InChI=1S/C8H14FN/c9-7-1-2-8(5-7)3-4-10-6-8/h7,10H,1-6H2. The van der Waals surface area contributed by atoms with Gasteiger partial charge in [-0.3, -0.25) is 0 Å². The van der Waals surface area contributed by atoms with Crippen LogP contribution in [0.4, 0.5) is 4.39 Å². The zero-order valence-electron chi connectivity index (χ0n) is 6.20. The zero-order valence-corrected chi connectivity index (χ0v) is 6.20. The van der Waals surface area contributed by atoms with Gasteiger partial charge in [-0.15, -0.1) is 0 Å². The molecule has 1 aliphatic carbocycles. The SMILES string of the molecule is FC1CCC2(CCNC2)C1. The van der Waals surface area contributed by atoms with Crippen LogP contribution in [0.1, 0.15) is 25.7 Å². The lowest BCUT2D eigenvalue weighted by atomic mass is 9.86. The number of hydrogen-bond acceptors (Lipinski definition) is 1. The van der Waals surface area contributed by atoms with Crippen LogP contribution in [0, 0.1) is 5.41 Å². The summed E-state index contributed by atoms with van der Waals surface area (Å²) in [6, 6.07) is 0. The monoisotopic (exact) mass is 143 g/mol. The molecule has 1 spiro atoms. The normalized spacial score (nSPS) is 47.1. The van der Waals surface area contributed by atoms with Crippen molar-refractivity contribution in [1.82, 2.24) is 5.32 Å². The lowest BCUT2D eigenvalue weighted by Gasteiger charge is -2.19. The Bertz CT molecular complexity index is 129. The van der Waals surface area contributed by atoms with Crippen molar-refractivity contribution in [1.29, 1.82) is 0 Å². The molecule has 10 heavy (non-hydrogen) atoms. The molecule has 1 aliphatic heterocycles. The smallest absolute Gasteiger partial charge is 0.101 e. The topological polar surface area (TPSA) is 12.0 Å². The van der Waals surface area contributed by atoms with Gasteiger partial charge in [-0.1, -0.05) is 0 Å². The van der Waals surface area contributed by atoms with E-state index in [-0.39, 0.29) is 0 Å². The number of nitrogens with one attached hydrogen (secondary N) is 1. The van der Waals surface area contributed by atoms with Crippen molar-refractivity contribution in [2.45, 2.75) is 31.9 Å². The van der Waals surface area contributed by atoms with Gasteiger partial charge in [0.25, 0.3) is 0 Å². The van der Waals surface area contributed by atoms with Gasteiger partial charge in [0.1, 0.15) is 6.17 Å². The first-order valence-electron chi connectivity index (χ1n) is 4.16. The summed E-state index contributed by atoms with van der Waals surface area (Å²) in [7, 11) is 0. The van der Waals surface area contributed by atoms with Crippen LogP contribution in [0.25, 0.3) is 0 Å². The van der Waals surface area contributed by atoms with Crippen molar-refractivity contribution in [3.05, 3.63) is 0 Å². The highest BCUT2D eigenvalue weighted by Crippen LogP contribution is 2.43. The Balaban J connectivity index is 2.03. The van der Waals surface area contributed by atoms with Gasteiger partial charge in [-0.2, -0.15) is 0 Å². The Hall–Kier alpha value is -0.110. The molecule has 1 nitrogen and oxygen atoms in total. The van der Waals surface area contributed by atoms with Crippen LogP contribution in [0.5, 0.6) is 0 Å². The Morgan fingerprint density at radius 3 is 2.80 bits per heavy atom. The van der Waals surface area contributed by atoms with E-state index in [9.17, 15) is 4.39 Å². The minimum Gasteiger partial charge on any atom is -0.316 e. The zero-order chi connectivity index (χ0) is 7.03. The largest absolute Gasteiger partial charge is 0.316 e. The van der Waals surface area contributed by atoms with Crippen LogP contribution in [-0.4, -0.2) is 19.3 Å². The summed E-state index contributed by atoms with van der Waals surface area (Å²) >= 11 is 0. The van der Waals surface area contributed by atoms with Crippen molar-refractivity contribution in [3.63, 3.8) is 0 Å². The first kappa shape index (κ1) is 6.59. The fourth-order valence-corrected chi connectivity index (χ4v) is 2.32. The molecule has 2 rings (SSSR count). The average Bonchev–Trinajstić information content (AvgIpc) is 2.46. The second-order valence-corrected chi connectivity index (χ2v) is 3.77. The van der Waals surface area contributed by atoms with Gasteiger partial charge >= 0.3 is 0 Å². The van der Waals surface area contributed by atoms with Crippen molar-refractivity contribution in [3.8, 4) is 0 Å². The maximum atomic E-state index is 12.8. The highest BCUT2D eigenvalue weighted by Gasteiger charge is 2.41. The molecule has 0 bridgehead atoms. The molecule has 1 saturated carbocycles. The fourth-order valence-electron chi connectivity index (χ4n) is 2.32. The molecule has 1 N–H and O–H groups in total. The summed E-state index contributed by atoms with van der Waals surface area (Å²) in [4.78, 5) is 0. The summed E-state index contributed by atoms with van der Waals surface area (Å²) in [5.74, 6) is 0. The summed E-state index contributed by atoms with van der Waals surface area (Å²) in [5.41, 5.74) is 0.374. The first-order chi connectivity index (χ1) is 4.81. The van der Waals surface area contributed by atoms with Crippen LogP contribution in [0.2, 0.25) is 0 Å². The number of halogens is 1. The Morgan fingerprint density at radius 1 is 1.40 bits per heavy atom. The lowest BCUT2D eigenvalue weighted by molar-refractivity contribution is 0.277. The summed E-state index contributed by atoms with van der Waals surface area (Å²) < 4.78 is 12.8. The maximum absolute atomic E-state index is 12.8. The van der Waals surface area contributed by atoms with Gasteiger partial charge in [-0.05, 0) is 37.6 Å². The van der Waals surface area contributed by atoms with Gasteiger partial charge in [0.05, 0.1) is 0 Å². The molecule has 0 aromatic carbocycles. The second kappa shape index (κ2) is 2.19. The quantitative estimate of drug-likeness (QED) is 0.541. The Labute approximate surface area is 61.0 Å². The molecule has 0 aromatic heterocycles. The average molecular weight is 143 g/mol. The van der Waals surface area contributed by atoms with Gasteiger partial charge in [0.2, 0.25) is 0 Å². The Kier molecular flexibility index (Phi) is 1.44. The number of rotatable bonds is 0. The number of hydrogen-bond donors (Lipinski definition) is 1. The molecule has 1 heterocycles. The van der Waals surface area contributed by atoms with Crippen molar-refractivity contribution >= 4 is 0 Å². The van der Waals surface area contributed by atoms with Gasteiger partial charge in [0, 0.05) is 6.54 Å². The highest BCUT2D eigenvalue weighted by atomic mass is 19.1. The van der Waals surface area contributed by atoms with Crippen LogP contribution in [-0.2, 0) is 0 Å². The third-order valence-corrected chi connectivity index (χ3v) is 2.97. The van der Waals surface area contributed by atoms with E-state index in [0.29, 0.717) is 5.41 Å². The minimum absolute atomic E-state index is 0.374. The van der Waals surface area contributed by atoms with Crippen LogP contribution in [0.3, 0.4) is 0 Å². The Morgan fingerprint density at radius 2 is 2.30 bits per heavy atom. The van der Waals surface area contributed by atoms with Gasteiger partial charge < -0.3 is 5.32 Å². The molecule has 58 valence electrons. The molecule has 1 saturated heterocycles. The van der Waals surface area contributed by atoms with Crippen LogP contribution < -0.4 is 5.32 Å². The summed E-state index contributed by atoms with van der Waals surface area (Å²) in [5, 5.41) is 3.31. The van der Waals surface area contributed by atoms with E-state index < -0.39 is 6.17 Å². The molecule has 2 aliphatic rings. The van der Waals surface area contributed by atoms with Crippen LogP contribution >= 0.6 is 0 Å². The molecule has 0 radical (unpaired) electrons. The minimum atomic E-state index is -0.500. The van der Waals surface area contributed by atoms with Crippen LogP contribution in [0.15, 0.2) is 0 Å². The molecule has 2 unspecified atom stereocenters. The third kappa shape index (κ3) is 0.947. The molecular formula is C8H14FN. The first-order valence-corrected chi connectivity index (χ1v) is 4.16. The molecular weight excluding hydrogens is 129 g/mol. The molecule has 0 aromatic rings. The lowest BCUT2D eigenvalue weighted by Crippen LogP contribution is -2.20.